The number of nitrogens with one attached hydrogen (secondary N) is 1. The number of hydrogen-bond acceptors (Lipinski definition) is 5. The molecule has 0 saturated carbocycles. The molecule has 2 aliphatic rings. The number of pyridine rings is 1. The van der Waals surface area contributed by atoms with Crippen LogP contribution < -0.4 is 5.32 Å². The minimum Gasteiger partial charge on any atom is -0.363 e. The van der Waals surface area contributed by atoms with Crippen LogP contribution in [0.25, 0.3) is 0 Å². The standard InChI is InChI=1S/C16H23N3O4S/c1-24(21,22)19-9-5-13-10-14(23-15(13)11-19)16(20)18-8-4-12-2-6-17-7-3-12/h2-3,6-7,13-15H,4-5,8-11H2,1H3,(H,18,20)/t13-,14-,15+/m0/s1. The second-order valence-electron chi connectivity index (χ2n) is 6.47. The van der Waals surface area contributed by atoms with Gasteiger partial charge in [0.15, 0.2) is 0 Å². The fourth-order valence-electron chi connectivity index (χ4n) is 3.37. The van der Waals surface area contributed by atoms with Crippen molar-refractivity contribution in [2.45, 2.75) is 31.5 Å². The van der Waals surface area contributed by atoms with Crippen LogP contribution in [-0.2, 0) is 26.0 Å². The summed E-state index contributed by atoms with van der Waals surface area (Å²) in [4.78, 5) is 16.2. The van der Waals surface area contributed by atoms with Crippen molar-refractivity contribution in [2.24, 2.45) is 5.92 Å². The van der Waals surface area contributed by atoms with Crippen molar-refractivity contribution in [2.75, 3.05) is 25.9 Å². The highest BCUT2D eigenvalue weighted by Crippen LogP contribution is 2.33. The van der Waals surface area contributed by atoms with Crippen molar-refractivity contribution in [3.05, 3.63) is 30.1 Å². The minimum atomic E-state index is -3.20. The van der Waals surface area contributed by atoms with E-state index in [1.165, 1.54) is 10.6 Å². The van der Waals surface area contributed by atoms with Gasteiger partial charge in [-0.2, -0.15) is 4.31 Å². The molecule has 2 saturated heterocycles. The van der Waals surface area contributed by atoms with E-state index in [9.17, 15) is 13.2 Å². The van der Waals surface area contributed by atoms with Gasteiger partial charge in [0, 0.05) is 32.0 Å². The van der Waals surface area contributed by atoms with Gasteiger partial charge in [-0.15, -0.1) is 0 Å². The molecule has 1 amide bonds. The lowest BCUT2D eigenvalue weighted by Crippen LogP contribution is -2.45. The van der Waals surface area contributed by atoms with Gasteiger partial charge in [0.1, 0.15) is 6.10 Å². The van der Waals surface area contributed by atoms with E-state index >= 15 is 0 Å². The number of aromatic nitrogens is 1. The predicted octanol–water partition coefficient (Wildman–Crippen LogP) is 0.179. The SMILES string of the molecule is CS(=O)(=O)N1CC[C@H]2C[C@@H](C(=O)NCCc3ccncc3)O[C@@H]2C1. The van der Waals surface area contributed by atoms with E-state index in [1.54, 1.807) is 12.4 Å². The Labute approximate surface area is 142 Å². The van der Waals surface area contributed by atoms with Crippen molar-refractivity contribution in [3.63, 3.8) is 0 Å². The summed E-state index contributed by atoms with van der Waals surface area (Å²) in [6.07, 6.45) is 6.19. The lowest BCUT2D eigenvalue weighted by atomic mass is 9.93. The Balaban J connectivity index is 1.48. The molecule has 0 aromatic carbocycles. The van der Waals surface area contributed by atoms with Crippen LogP contribution >= 0.6 is 0 Å². The zero-order chi connectivity index (χ0) is 17.2. The highest BCUT2D eigenvalue weighted by molar-refractivity contribution is 7.88. The summed E-state index contributed by atoms with van der Waals surface area (Å²) in [6.45, 7) is 1.41. The summed E-state index contributed by atoms with van der Waals surface area (Å²) in [5.74, 6) is 0.156. The van der Waals surface area contributed by atoms with Gasteiger partial charge >= 0.3 is 0 Å². The molecule has 0 spiro atoms. The maximum Gasteiger partial charge on any atom is 0.249 e. The number of piperidine rings is 1. The molecule has 8 heteroatoms. The fraction of sp³-hybridized carbons (Fsp3) is 0.625. The lowest BCUT2D eigenvalue weighted by Gasteiger charge is -2.32. The molecule has 2 aliphatic heterocycles. The smallest absolute Gasteiger partial charge is 0.249 e. The number of fused-ring (bicyclic) bond motifs is 1. The Morgan fingerprint density at radius 1 is 1.42 bits per heavy atom. The first-order chi connectivity index (χ1) is 11.4. The lowest BCUT2D eigenvalue weighted by molar-refractivity contribution is -0.132. The van der Waals surface area contributed by atoms with Gasteiger partial charge in [0.25, 0.3) is 0 Å². The van der Waals surface area contributed by atoms with Gasteiger partial charge in [-0.1, -0.05) is 0 Å². The molecule has 0 aliphatic carbocycles. The Morgan fingerprint density at radius 2 is 2.17 bits per heavy atom. The van der Waals surface area contributed by atoms with Crippen molar-refractivity contribution >= 4 is 15.9 Å². The predicted molar refractivity (Wildman–Crippen MR) is 88.8 cm³/mol. The highest BCUT2D eigenvalue weighted by atomic mass is 32.2. The quantitative estimate of drug-likeness (QED) is 0.816. The number of rotatable bonds is 5. The van der Waals surface area contributed by atoms with E-state index < -0.39 is 16.1 Å². The molecule has 132 valence electrons. The largest absolute Gasteiger partial charge is 0.363 e. The Kier molecular flexibility index (Phi) is 5.17. The Morgan fingerprint density at radius 3 is 2.88 bits per heavy atom. The number of carbonyl (C=O) groups is 1. The summed E-state index contributed by atoms with van der Waals surface area (Å²) in [5, 5.41) is 2.91. The van der Waals surface area contributed by atoms with Crippen LogP contribution in [-0.4, -0.2) is 61.7 Å². The normalized spacial score (nSPS) is 27.6. The van der Waals surface area contributed by atoms with Crippen molar-refractivity contribution in [3.8, 4) is 0 Å². The first-order valence-corrected chi connectivity index (χ1v) is 10.1. The van der Waals surface area contributed by atoms with Crippen LogP contribution in [0.15, 0.2) is 24.5 Å². The summed E-state index contributed by atoms with van der Waals surface area (Å²) in [7, 11) is -3.20. The molecule has 0 radical (unpaired) electrons. The van der Waals surface area contributed by atoms with E-state index in [2.05, 4.69) is 10.3 Å². The van der Waals surface area contributed by atoms with Gasteiger partial charge in [0.05, 0.1) is 12.4 Å². The zero-order valence-corrected chi connectivity index (χ0v) is 14.5. The monoisotopic (exact) mass is 353 g/mol. The summed E-state index contributed by atoms with van der Waals surface area (Å²) in [6, 6.07) is 3.85. The third-order valence-electron chi connectivity index (χ3n) is 4.74. The van der Waals surface area contributed by atoms with E-state index in [4.69, 9.17) is 4.74 Å². The number of amides is 1. The molecule has 1 aromatic heterocycles. The first kappa shape index (κ1) is 17.3. The van der Waals surface area contributed by atoms with Crippen LogP contribution in [0.3, 0.4) is 0 Å². The third-order valence-corrected chi connectivity index (χ3v) is 6.01. The summed E-state index contributed by atoms with van der Waals surface area (Å²) in [5.41, 5.74) is 1.12. The Hall–Kier alpha value is -1.51. The summed E-state index contributed by atoms with van der Waals surface area (Å²) >= 11 is 0. The van der Waals surface area contributed by atoms with Gasteiger partial charge in [-0.25, -0.2) is 8.42 Å². The topological polar surface area (TPSA) is 88.6 Å². The molecule has 3 heterocycles. The molecule has 7 nitrogen and oxygen atoms in total. The maximum absolute atomic E-state index is 12.3. The molecular weight excluding hydrogens is 330 g/mol. The number of sulfonamides is 1. The number of hydrogen-bond donors (Lipinski definition) is 1. The molecule has 3 rings (SSSR count). The van der Waals surface area contributed by atoms with E-state index in [0.29, 0.717) is 26.1 Å². The van der Waals surface area contributed by atoms with Gasteiger partial charge in [-0.05, 0) is 42.9 Å². The van der Waals surface area contributed by atoms with Crippen LogP contribution in [0, 0.1) is 5.92 Å². The fourth-order valence-corrected chi connectivity index (χ4v) is 4.22. The second kappa shape index (κ2) is 7.16. The van der Waals surface area contributed by atoms with E-state index in [-0.39, 0.29) is 17.9 Å². The average Bonchev–Trinajstić information content (AvgIpc) is 2.98. The van der Waals surface area contributed by atoms with E-state index in [0.717, 1.165) is 18.4 Å². The van der Waals surface area contributed by atoms with Crippen molar-refractivity contribution in [1.29, 1.82) is 0 Å². The van der Waals surface area contributed by atoms with Crippen LogP contribution in [0.2, 0.25) is 0 Å². The second-order valence-corrected chi connectivity index (χ2v) is 8.45. The first-order valence-electron chi connectivity index (χ1n) is 8.20. The third kappa shape index (κ3) is 4.12. The van der Waals surface area contributed by atoms with Crippen molar-refractivity contribution in [1.82, 2.24) is 14.6 Å². The molecule has 24 heavy (non-hydrogen) atoms. The van der Waals surface area contributed by atoms with Gasteiger partial charge in [-0.3, -0.25) is 9.78 Å². The molecule has 0 bridgehead atoms. The molecule has 1 N–H and O–H groups in total. The maximum atomic E-state index is 12.3. The number of ether oxygens (including phenoxy) is 1. The van der Waals surface area contributed by atoms with Gasteiger partial charge < -0.3 is 10.1 Å². The Bertz CT molecular complexity index is 680. The van der Waals surface area contributed by atoms with Crippen molar-refractivity contribution < 1.29 is 17.9 Å². The number of nitrogens with zero attached hydrogens (tertiary/aromatic N) is 2. The number of carbonyl (C=O) groups excluding carboxylic acids is 1. The summed E-state index contributed by atoms with van der Waals surface area (Å²) < 4.78 is 30.6. The zero-order valence-electron chi connectivity index (χ0n) is 13.7. The molecule has 3 atom stereocenters. The molecular formula is C16H23N3O4S. The van der Waals surface area contributed by atoms with Crippen LogP contribution in [0.1, 0.15) is 18.4 Å². The van der Waals surface area contributed by atoms with Crippen LogP contribution in [0.5, 0.6) is 0 Å². The van der Waals surface area contributed by atoms with E-state index in [1.807, 2.05) is 12.1 Å². The van der Waals surface area contributed by atoms with Gasteiger partial charge in [0.2, 0.25) is 15.9 Å². The molecule has 0 unspecified atom stereocenters. The highest BCUT2D eigenvalue weighted by Gasteiger charge is 2.43. The minimum absolute atomic E-state index is 0.107. The molecule has 2 fully saturated rings. The molecule has 1 aromatic rings. The average molecular weight is 353 g/mol. The van der Waals surface area contributed by atoms with Crippen LogP contribution in [0.4, 0.5) is 0 Å².